The molecule has 1 heterocycles. The predicted octanol–water partition coefficient (Wildman–Crippen LogP) is 2.22. The summed E-state index contributed by atoms with van der Waals surface area (Å²) in [6.45, 7) is 0. The Bertz CT molecular complexity index is 542. The van der Waals surface area contributed by atoms with E-state index in [9.17, 15) is 13.2 Å². The van der Waals surface area contributed by atoms with Crippen molar-refractivity contribution in [3.63, 3.8) is 0 Å². The molecule has 0 aliphatic carbocycles. The summed E-state index contributed by atoms with van der Waals surface area (Å²) >= 11 is 0. The van der Waals surface area contributed by atoms with Crippen molar-refractivity contribution in [3.8, 4) is 0 Å². The highest BCUT2D eigenvalue weighted by atomic mass is 19.2. The van der Waals surface area contributed by atoms with E-state index >= 15 is 0 Å². The van der Waals surface area contributed by atoms with E-state index in [-0.39, 0.29) is 17.3 Å². The molecule has 0 saturated heterocycles. The lowest BCUT2D eigenvalue weighted by molar-refractivity contribution is 0.496. The molecule has 0 aliphatic heterocycles. The van der Waals surface area contributed by atoms with Gasteiger partial charge in [-0.15, -0.1) is 0 Å². The van der Waals surface area contributed by atoms with Crippen LogP contribution in [-0.4, -0.2) is 9.97 Å². The largest absolute Gasteiger partial charge is 0.382 e. The molecule has 88 valence electrons. The first-order valence-corrected chi connectivity index (χ1v) is 4.55. The lowest BCUT2D eigenvalue weighted by Crippen LogP contribution is -2.00. The summed E-state index contributed by atoms with van der Waals surface area (Å²) in [6, 6.07) is 1.14. The summed E-state index contributed by atoms with van der Waals surface area (Å²) in [5, 5.41) is 2.46. The van der Waals surface area contributed by atoms with Crippen LogP contribution in [0.3, 0.4) is 0 Å². The van der Waals surface area contributed by atoms with Crippen LogP contribution in [0.5, 0.6) is 0 Å². The van der Waals surface area contributed by atoms with E-state index in [1.807, 2.05) is 0 Å². The van der Waals surface area contributed by atoms with Gasteiger partial charge in [0, 0.05) is 12.1 Å². The number of benzene rings is 1. The van der Waals surface area contributed by atoms with Gasteiger partial charge in [-0.05, 0) is 0 Å². The fourth-order valence-electron chi connectivity index (χ4n) is 1.16. The average molecular weight is 240 g/mol. The van der Waals surface area contributed by atoms with E-state index in [4.69, 9.17) is 5.73 Å². The third-order valence-corrected chi connectivity index (χ3v) is 1.94. The van der Waals surface area contributed by atoms with Crippen molar-refractivity contribution in [3.05, 3.63) is 42.0 Å². The molecule has 1 aromatic carbocycles. The minimum atomic E-state index is -1.25. The van der Waals surface area contributed by atoms with Gasteiger partial charge >= 0.3 is 0 Å². The van der Waals surface area contributed by atoms with Crippen molar-refractivity contribution in [2.75, 3.05) is 11.1 Å². The number of halogens is 3. The van der Waals surface area contributed by atoms with Crippen LogP contribution in [0.25, 0.3) is 0 Å². The quantitative estimate of drug-likeness (QED) is 0.790. The molecule has 0 saturated carbocycles. The summed E-state index contributed by atoms with van der Waals surface area (Å²) in [6.07, 6.45) is 2.50. The van der Waals surface area contributed by atoms with Crippen LogP contribution in [0.15, 0.2) is 24.5 Å². The first kappa shape index (κ1) is 11.2. The molecule has 1 aromatic heterocycles. The van der Waals surface area contributed by atoms with E-state index in [0.717, 1.165) is 0 Å². The zero-order valence-electron chi connectivity index (χ0n) is 8.42. The number of nitrogens with two attached hydrogens (primary N) is 1. The third kappa shape index (κ3) is 2.44. The number of rotatable bonds is 2. The lowest BCUT2D eigenvalue weighted by Gasteiger charge is -2.06. The maximum atomic E-state index is 13.3. The first-order valence-electron chi connectivity index (χ1n) is 4.55. The maximum Gasteiger partial charge on any atom is 0.161 e. The minimum absolute atomic E-state index is 0.170. The molecule has 7 heteroatoms. The normalized spacial score (nSPS) is 10.3. The SMILES string of the molecule is Nc1cnc(Nc2cc(F)c(F)cc2F)cn1. The fourth-order valence-corrected chi connectivity index (χ4v) is 1.16. The van der Waals surface area contributed by atoms with Gasteiger partial charge in [0.2, 0.25) is 0 Å². The van der Waals surface area contributed by atoms with Crippen LogP contribution in [0.4, 0.5) is 30.5 Å². The number of aromatic nitrogens is 2. The molecule has 0 spiro atoms. The van der Waals surface area contributed by atoms with Gasteiger partial charge in [-0.25, -0.2) is 23.1 Å². The van der Waals surface area contributed by atoms with Crippen molar-refractivity contribution in [1.29, 1.82) is 0 Å². The van der Waals surface area contributed by atoms with E-state index in [1.165, 1.54) is 12.4 Å². The van der Waals surface area contributed by atoms with E-state index in [0.29, 0.717) is 12.1 Å². The zero-order valence-corrected chi connectivity index (χ0v) is 8.42. The molecule has 4 nitrogen and oxygen atoms in total. The summed E-state index contributed by atoms with van der Waals surface area (Å²) < 4.78 is 38.8. The van der Waals surface area contributed by atoms with Gasteiger partial charge in [-0.2, -0.15) is 0 Å². The second-order valence-electron chi connectivity index (χ2n) is 3.20. The molecule has 0 fully saturated rings. The van der Waals surface area contributed by atoms with Crippen molar-refractivity contribution >= 4 is 17.3 Å². The lowest BCUT2D eigenvalue weighted by atomic mass is 10.3. The van der Waals surface area contributed by atoms with E-state index < -0.39 is 17.5 Å². The Labute approximate surface area is 94.3 Å². The Balaban J connectivity index is 2.30. The Morgan fingerprint density at radius 3 is 2.29 bits per heavy atom. The van der Waals surface area contributed by atoms with Crippen LogP contribution >= 0.6 is 0 Å². The second-order valence-corrected chi connectivity index (χ2v) is 3.20. The second kappa shape index (κ2) is 4.28. The van der Waals surface area contributed by atoms with Gasteiger partial charge in [-0.3, -0.25) is 0 Å². The average Bonchev–Trinajstić information content (AvgIpc) is 2.29. The molecule has 17 heavy (non-hydrogen) atoms. The fraction of sp³-hybridized carbons (Fsp3) is 0. The van der Waals surface area contributed by atoms with Gasteiger partial charge in [0.15, 0.2) is 11.6 Å². The molecule has 0 bridgehead atoms. The minimum Gasteiger partial charge on any atom is -0.382 e. The predicted molar refractivity (Wildman–Crippen MR) is 56.0 cm³/mol. The van der Waals surface area contributed by atoms with E-state index in [2.05, 4.69) is 15.3 Å². The van der Waals surface area contributed by atoms with Gasteiger partial charge in [0.25, 0.3) is 0 Å². The monoisotopic (exact) mass is 240 g/mol. The topological polar surface area (TPSA) is 63.8 Å². The van der Waals surface area contributed by atoms with Crippen LogP contribution in [0.1, 0.15) is 0 Å². The van der Waals surface area contributed by atoms with Crippen LogP contribution in [-0.2, 0) is 0 Å². The molecule has 2 rings (SSSR count). The molecular weight excluding hydrogens is 233 g/mol. The first-order chi connectivity index (χ1) is 8.06. The third-order valence-electron chi connectivity index (χ3n) is 1.94. The van der Waals surface area contributed by atoms with Gasteiger partial charge in [-0.1, -0.05) is 0 Å². The van der Waals surface area contributed by atoms with Gasteiger partial charge in [0.05, 0.1) is 18.1 Å². The zero-order chi connectivity index (χ0) is 12.4. The molecule has 2 aromatic rings. The highest BCUT2D eigenvalue weighted by Crippen LogP contribution is 2.21. The Hall–Kier alpha value is -2.31. The van der Waals surface area contributed by atoms with Crippen LogP contribution in [0, 0.1) is 17.5 Å². The number of nitrogen functional groups attached to an aromatic ring is 1. The summed E-state index contributed by atoms with van der Waals surface area (Å²) in [5.74, 6) is -2.97. The number of hydrogen-bond donors (Lipinski definition) is 2. The highest BCUT2D eigenvalue weighted by molar-refractivity contribution is 5.56. The number of anilines is 3. The van der Waals surface area contributed by atoms with Crippen LogP contribution < -0.4 is 11.1 Å². The van der Waals surface area contributed by atoms with Gasteiger partial charge < -0.3 is 11.1 Å². The Kier molecular flexibility index (Phi) is 2.82. The standard InChI is InChI=1S/C10H7F3N4/c11-5-1-7(13)8(2-6(5)12)17-10-4-15-9(14)3-16-10/h1-4H,(H2,14,15)(H,16,17). The smallest absolute Gasteiger partial charge is 0.161 e. The number of nitrogens with one attached hydrogen (secondary N) is 1. The molecule has 0 amide bonds. The Morgan fingerprint density at radius 2 is 1.65 bits per heavy atom. The highest BCUT2D eigenvalue weighted by Gasteiger charge is 2.10. The summed E-state index contributed by atoms with van der Waals surface area (Å²) in [5.41, 5.74) is 5.08. The molecule has 3 N–H and O–H groups in total. The number of nitrogens with zero attached hydrogens (tertiary/aromatic N) is 2. The Morgan fingerprint density at radius 1 is 0.941 bits per heavy atom. The molecule has 0 unspecified atom stereocenters. The van der Waals surface area contributed by atoms with Gasteiger partial charge in [0.1, 0.15) is 17.5 Å². The van der Waals surface area contributed by atoms with Crippen molar-refractivity contribution < 1.29 is 13.2 Å². The van der Waals surface area contributed by atoms with Crippen molar-refractivity contribution in [2.24, 2.45) is 0 Å². The van der Waals surface area contributed by atoms with Crippen molar-refractivity contribution in [2.45, 2.75) is 0 Å². The molecule has 0 radical (unpaired) electrons. The number of hydrogen-bond acceptors (Lipinski definition) is 4. The molecule has 0 aliphatic rings. The summed E-state index contributed by atoms with van der Waals surface area (Å²) in [7, 11) is 0. The van der Waals surface area contributed by atoms with E-state index in [1.54, 1.807) is 0 Å². The molecule has 0 atom stereocenters. The maximum absolute atomic E-state index is 13.3. The van der Waals surface area contributed by atoms with Crippen molar-refractivity contribution in [1.82, 2.24) is 9.97 Å². The van der Waals surface area contributed by atoms with Crippen LogP contribution in [0.2, 0.25) is 0 Å². The molecular formula is C10H7F3N4. The summed E-state index contributed by atoms with van der Waals surface area (Å²) in [4.78, 5) is 7.49.